The van der Waals surface area contributed by atoms with E-state index in [9.17, 15) is 0 Å². The molecule has 0 radical (unpaired) electrons. The van der Waals surface area contributed by atoms with Crippen molar-refractivity contribution in [3.05, 3.63) is 0 Å². The summed E-state index contributed by atoms with van der Waals surface area (Å²) < 4.78 is 11.7. The average molecular weight is 216 g/mol. The number of hydrogen-bond acceptors (Lipinski definition) is 2. The molecule has 0 rings (SSSR count). The molecule has 0 atom stereocenters. The molecule has 0 aliphatic heterocycles. The van der Waals surface area contributed by atoms with Crippen molar-refractivity contribution in [2.75, 3.05) is 13.2 Å². The second kappa shape index (κ2) is 7.24. The molecule has 0 fully saturated rings. The van der Waals surface area contributed by atoms with Gasteiger partial charge in [0.1, 0.15) is 0 Å². The van der Waals surface area contributed by atoms with Crippen molar-refractivity contribution in [3.63, 3.8) is 0 Å². The van der Waals surface area contributed by atoms with Gasteiger partial charge in [0.05, 0.1) is 13.2 Å². The fourth-order valence-corrected chi connectivity index (χ4v) is 1.33. The highest BCUT2D eigenvalue weighted by Crippen LogP contribution is 2.21. The van der Waals surface area contributed by atoms with Crippen molar-refractivity contribution in [1.82, 2.24) is 0 Å². The van der Waals surface area contributed by atoms with Crippen LogP contribution in [0.15, 0.2) is 0 Å². The first-order valence-electron chi connectivity index (χ1n) is 6.17. The molecule has 0 bridgehead atoms. The SMILES string of the molecule is CCCC(C)(OCC(C)C)OCC(C)C. The van der Waals surface area contributed by atoms with E-state index in [-0.39, 0.29) is 5.79 Å². The van der Waals surface area contributed by atoms with Gasteiger partial charge in [0, 0.05) is 6.42 Å². The van der Waals surface area contributed by atoms with E-state index in [1.54, 1.807) is 0 Å². The summed E-state index contributed by atoms with van der Waals surface area (Å²) in [7, 11) is 0. The fraction of sp³-hybridized carbons (Fsp3) is 1.00. The Morgan fingerprint density at radius 2 is 1.33 bits per heavy atom. The molecule has 0 saturated heterocycles. The second-order valence-electron chi connectivity index (χ2n) is 5.29. The predicted octanol–water partition coefficient (Wildman–Crippen LogP) is 3.85. The maximum Gasteiger partial charge on any atom is 0.165 e. The Labute approximate surface area is 95.3 Å². The van der Waals surface area contributed by atoms with E-state index in [4.69, 9.17) is 9.47 Å². The molecule has 0 saturated carbocycles. The van der Waals surface area contributed by atoms with E-state index in [0.29, 0.717) is 11.8 Å². The molecule has 0 aromatic heterocycles. The monoisotopic (exact) mass is 216 g/mol. The molecule has 0 aliphatic rings. The molecule has 2 heteroatoms. The molecule has 0 heterocycles. The molecule has 92 valence electrons. The second-order valence-corrected chi connectivity index (χ2v) is 5.29. The standard InChI is InChI=1S/C13H28O2/c1-7-8-13(6,14-9-11(2)3)15-10-12(4)5/h11-12H,7-10H2,1-6H3. The van der Waals surface area contributed by atoms with Crippen LogP contribution < -0.4 is 0 Å². The third kappa shape index (κ3) is 7.80. The largest absolute Gasteiger partial charge is 0.350 e. The molecule has 0 amide bonds. The minimum absolute atomic E-state index is 0.386. The molecular formula is C13H28O2. The Balaban J connectivity index is 4.05. The third-order valence-corrected chi connectivity index (χ3v) is 2.15. The maximum absolute atomic E-state index is 5.86. The summed E-state index contributed by atoms with van der Waals surface area (Å²) in [5.74, 6) is 0.733. The van der Waals surface area contributed by atoms with Crippen molar-refractivity contribution in [2.45, 2.75) is 60.2 Å². The van der Waals surface area contributed by atoms with Crippen LogP contribution in [0.4, 0.5) is 0 Å². The van der Waals surface area contributed by atoms with Gasteiger partial charge >= 0.3 is 0 Å². The van der Waals surface area contributed by atoms with E-state index >= 15 is 0 Å². The van der Waals surface area contributed by atoms with E-state index in [0.717, 1.165) is 26.1 Å². The minimum atomic E-state index is -0.386. The van der Waals surface area contributed by atoms with Crippen LogP contribution >= 0.6 is 0 Å². The van der Waals surface area contributed by atoms with Crippen molar-refractivity contribution in [2.24, 2.45) is 11.8 Å². The summed E-state index contributed by atoms with van der Waals surface area (Å²) in [6.45, 7) is 14.4. The van der Waals surface area contributed by atoms with Crippen LogP contribution in [-0.4, -0.2) is 19.0 Å². The van der Waals surface area contributed by atoms with Crippen molar-refractivity contribution in [1.29, 1.82) is 0 Å². The van der Waals surface area contributed by atoms with Gasteiger partial charge in [-0.05, 0) is 18.8 Å². The Morgan fingerprint density at radius 3 is 1.60 bits per heavy atom. The van der Waals surface area contributed by atoms with Crippen LogP contribution in [0.1, 0.15) is 54.4 Å². The zero-order valence-electron chi connectivity index (χ0n) is 11.3. The normalized spacial score (nSPS) is 12.8. The first kappa shape index (κ1) is 14.9. The van der Waals surface area contributed by atoms with Gasteiger partial charge in [-0.1, -0.05) is 41.0 Å². The number of rotatable bonds is 8. The van der Waals surface area contributed by atoms with Crippen LogP contribution in [0.3, 0.4) is 0 Å². The third-order valence-electron chi connectivity index (χ3n) is 2.15. The summed E-state index contributed by atoms with van der Waals surface area (Å²) in [4.78, 5) is 0. The molecule has 0 aliphatic carbocycles. The number of hydrogen-bond donors (Lipinski definition) is 0. The van der Waals surface area contributed by atoms with Gasteiger partial charge in [-0.15, -0.1) is 0 Å². The van der Waals surface area contributed by atoms with Gasteiger partial charge in [-0.3, -0.25) is 0 Å². The molecule has 0 unspecified atom stereocenters. The van der Waals surface area contributed by atoms with E-state index < -0.39 is 0 Å². The average Bonchev–Trinajstić information content (AvgIpc) is 2.13. The molecule has 0 spiro atoms. The first-order chi connectivity index (χ1) is 6.89. The molecule has 0 aromatic rings. The van der Waals surface area contributed by atoms with E-state index in [1.807, 2.05) is 0 Å². The Bertz CT molecular complexity index is 141. The Kier molecular flexibility index (Phi) is 7.20. The highest BCUT2D eigenvalue weighted by molar-refractivity contribution is 4.63. The van der Waals surface area contributed by atoms with Crippen molar-refractivity contribution < 1.29 is 9.47 Å². The molecule has 15 heavy (non-hydrogen) atoms. The van der Waals surface area contributed by atoms with Crippen molar-refractivity contribution in [3.8, 4) is 0 Å². The quantitative estimate of drug-likeness (QED) is 0.574. The van der Waals surface area contributed by atoms with Gasteiger partial charge in [0.15, 0.2) is 5.79 Å². The van der Waals surface area contributed by atoms with Crippen LogP contribution in [0.2, 0.25) is 0 Å². The van der Waals surface area contributed by atoms with Crippen LogP contribution in [0.5, 0.6) is 0 Å². The topological polar surface area (TPSA) is 18.5 Å². The van der Waals surface area contributed by atoms with Crippen molar-refractivity contribution >= 4 is 0 Å². The Morgan fingerprint density at radius 1 is 0.933 bits per heavy atom. The van der Waals surface area contributed by atoms with Crippen LogP contribution in [0, 0.1) is 11.8 Å². The van der Waals surface area contributed by atoms with Gasteiger partial charge in [-0.2, -0.15) is 0 Å². The fourth-order valence-electron chi connectivity index (χ4n) is 1.33. The number of ether oxygens (including phenoxy) is 2. The lowest BCUT2D eigenvalue weighted by molar-refractivity contribution is -0.237. The lowest BCUT2D eigenvalue weighted by atomic mass is 10.1. The van der Waals surface area contributed by atoms with Gasteiger partial charge < -0.3 is 9.47 Å². The van der Waals surface area contributed by atoms with Crippen LogP contribution in [0.25, 0.3) is 0 Å². The first-order valence-corrected chi connectivity index (χ1v) is 6.17. The van der Waals surface area contributed by atoms with Crippen LogP contribution in [-0.2, 0) is 9.47 Å². The lowest BCUT2D eigenvalue weighted by Gasteiger charge is -2.31. The highest BCUT2D eigenvalue weighted by atomic mass is 16.7. The van der Waals surface area contributed by atoms with E-state index in [1.165, 1.54) is 0 Å². The minimum Gasteiger partial charge on any atom is -0.350 e. The molecule has 0 N–H and O–H groups in total. The van der Waals surface area contributed by atoms with Gasteiger partial charge in [0.2, 0.25) is 0 Å². The summed E-state index contributed by atoms with van der Waals surface area (Å²) >= 11 is 0. The molecule has 2 nitrogen and oxygen atoms in total. The summed E-state index contributed by atoms with van der Waals surface area (Å²) in [6.07, 6.45) is 2.05. The van der Waals surface area contributed by atoms with E-state index in [2.05, 4.69) is 41.5 Å². The molecule has 0 aromatic carbocycles. The highest BCUT2D eigenvalue weighted by Gasteiger charge is 2.25. The zero-order valence-corrected chi connectivity index (χ0v) is 11.3. The lowest BCUT2D eigenvalue weighted by Crippen LogP contribution is -2.35. The van der Waals surface area contributed by atoms with Gasteiger partial charge in [0.25, 0.3) is 0 Å². The summed E-state index contributed by atoms with van der Waals surface area (Å²) in [5.41, 5.74) is 0. The molecular weight excluding hydrogens is 188 g/mol. The predicted molar refractivity (Wildman–Crippen MR) is 64.9 cm³/mol. The Hall–Kier alpha value is -0.0800. The zero-order chi connectivity index (χ0) is 11.9. The smallest absolute Gasteiger partial charge is 0.165 e. The summed E-state index contributed by atoms with van der Waals surface area (Å²) in [6, 6.07) is 0. The summed E-state index contributed by atoms with van der Waals surface area (Å²) in [5, 5.41) is 0. The maximum atomic E-state index is 5.86. The van der Waals surface area contributed by atoms with Gasteiger partial charge in [-0.25, -0.2) is 0 Å².